The molecule has 0 unspecified atom stereocenters. The van der Waals surface area contributed by atoms with Crippen LogP contribution in [0.25, 0.3) is 0 Å². The van der Waals surface area contributed by atoms with E-state index in [0.717, 1.165) is 12.5 Å². The second kappa shape index (κ2) is 11.4. The molecule has 0 saturated carbocycles. The molecular weight excluding hydrogens is 280 g/mol. The highest BCUT2D eigenvalue weighted by atomic mass is 16.5. The molecule has 118 valence electrons. The smallest absolute Gasteiger partial charge is 0.300 e. The van der Waals surface area contributed by atoms with Gasteiger partial charge < -0.3 is 20.1 Å². The number of aliphatic hydroxyl groups is 1. The summed E-state index contributed by atoms with van der Waals surface area (Å²) >= 11 is 0. The van der Waals surface area contributed by atoms with Crippen molar-refractivity contribution in [2.75, 3.05) is 7.11 Å². The summed E-state index contributed by atoms with van der Waals surface area (Å²) in [6, 6.07) is 4.72. The van der Waals surface area contributed by atoms with Crippen LogP contribution in [0, 0.1) is 0 Å². The van der Waals surface area contributed by atoms with Gasteiger partial charge in [-0.15, -0.1) is 0 Å². The molecule has 0 heterocycles. The monoisotopic (exact) mass is 300 g/mol. The van der Waals surface area contributed by atoms with Crippen LogP contribution in [0.4, 0.5) is 0 Å². The summed E-state index contributed by atoms with van der Waals surface area (Å²) < 4.78 is 4.83. The number of ketones is 2. The lowest BCUT2D eigenvalue weighted by Crippen LogP contribution is -2.01. The molecule has 1 rings (SSSR count). The Morgan fingerprint density at radius 1 is 1.10 bits per heavy atom. The van der Waals surface area contributed by atoms with Crippen LogP contribution >= 0.6 is 0 Å². The van der Waals surface area contributed by atoms with Crippen LogP contribution in [0.15, 0.2) is 18.2 Å². The lowest BCUT2D eigenvalue weighted by molar-refractivity contribution is -0.134. The van der Waals surface area contributed by atoms with Crippen LogP contribution in [0.3, 0.4) is 0 Å². The number of Topliss-reactive ketones (excluding diaryl/α,β-unsaturated/α-hetero) is 2. The number of methoxy groups -OCH3 is 1. The number of aliphatic hydroxyl groups excluding tert-OH is 1. The van der Waals surface area contributed by atoms with Crippen molar-refractivity contribution in [1.82, 2.24) is 0 Å². The Kier molecular flexibility index (Phi) is 11.4. The molecule has 0 saturated heterocycles. The highest BCUT2D eigenvalue weighted by Crippen LogP contribution is 2.25. The first-order valence-corrected chi connectivity index (χ1v) is 5.83. The van der Waals surface area contributed by atoms with E-state index in [-0.39, 0.29) is 23.9 Å². The van der Waals surface area contributed by atoms with E-state index in [0.29, 0.717) is 5.75 Å². The van der Waals surface area contributed by atoms with Gasteiger partial charge in [-0.3, -0.25) is 14.4 Å². The molecule has 0 aliphatic heterocycles. The molecule has 3 N–H and O–H groups in total. The molecule has 0 aliphatic carbocycles. The van der Waals surface area contributed by atoms with Crippen molar-refractivity contribution >= 4 is 17.5 Å². The summed E-state index contributed by atoms with van der Waals surface area (Å²) in [6.45, 7) is 3.54. The van der Waals surface area contributed by atoms with Gasteiger partial charge in [0, 0.05) is 20.8 Å². The highest BCUT2D eigenvalue weighted by molar-refractivity contribution is 6.35. The zero-order chi connectivity index (χ0) is 17.0. The SMILES string of the molecule is CC(=O)C(C)=O.CC(=O)O.COc1cc(CO)ccc1O. The minimum Gasteiger partial charge on any atom is -0.504 e. The van der Waals surface area contributed by atoms with E-state index in [1.807, 2.05) is 0 Å². The van der Waals surface area contributed by atoms with Gasteiger partial charge >= 0.3 is 0 Å². The van der Waals surface area contributed by atoms with Gasteiger partial charge in [-0.2, -0.15) is 0 Å². The van der Waals surface area contributed by atoms with Gasteiger partial charge in [-0.1, -0.05) is 6.07 Å². The third-order valence-corrected chi connectivity index (χ3v) is 1.92. The summed E-state index contributed by atoms with van der Waals surface area (Å²) in [5.74, 6) is -1.12. The van der Waals surface area contributed by atoms with Gasteiger partial charge in [0.05, 0.1) is 13.7 Å². The first-order valence-electron chi connectivity index (χ1n) is 5.83. The van der Waals surface area contributed by atoms with Crippen LogP contribution < -0.4 is 4.74 Å². The van der Waals surface area contributed by atoms with Crippen molar-refractivity contribution in [3.05, 3.63) is 23.8 Å². The number of ether oxygens (including phenoxy) is 1. The van der Waals surface area contributed by atoms with E-state index < -0.39 is 5.97 Å². The maximum Gasteiger partial charge on any atom is 0.300 e. The van der Waals surface area contributed by atoms with Gasteiger partial charge in [0.1, 0.15) is 0 Å². The zero-order valence-electron chi connectivity index (χ0n) is 12.4. The lowest BCUT2D eigenvalue weighted by atomic mass is 10.2. The highest BCUT2D eigenvalue weighted by Gasteiger charge is 2.00. The van der Waals surface area contributed by atoms with Crippen molar-refractivity contribution < 1.29 is 34.4 Å². The summed E-state index contributed by atoms with van der Waals surface area (Å²) in [5.41, 5.74) is 0.722. The Bertz CT molecular complexity index is 464. The number of carboxylic acids is 1. The number of rotatable bonds is 3. The number of aliphatic carboxylic acids is 1. The van der Waals surface area contributed by atoms with Crippen LogP contribution in [0.5, 0.6) is 11.5 Å². The fraction of sp³-hybridized carbons (Fsp3) is 0.357. The minimum absolute atomic E-state index is 0.0450. The van der Waals surface area contributed by atoms with Crippen LogP contribution in [-0.4, -0.2) is 40.0 Å². The molecule has 0 amide bonds. The molecule has 0 spiro atoms. The van der Waals surface area contributed by atoms with E-state index >= 15 is 0 Å². The number of hydrogen-bond donors (Lipinski definition) is 3. The fourth-order valence-corrected chi connectivity index (χ4v) is 0.820. The number of phenols is 1. The van der Waals surface area contributed by atoms with Crippen LogP contribution in [-0.2, 0) is 21.0 Å². The quantitative estimate of drug-likeness (QED) is 0.716. The Balaban J connectivity index is 0. The van der Waals surface area contributed by atoms with E-state index in [4.69, 9.17) is 24.9 Å². The topological polar surface area (TPSA) is 121 Å². The molecule has 1 aromatic carbocycles. The molecule has 0 bridgehead atoms. The van der Waals surface area contributed by atoms with Crippen molar-refractivity contribution in [2.45, 2.75) is 27.4 Å². The molecule has 0 fully saturated rings. The largest absolute Gasteiger partial charge is 0.504 e. The van der Waals surface area contributed by atoms with E-state index in [9.17, 15) is 9.59 Å². The van der Waals surface area contributed by atoms with Crippen LogP contribution in [0.1, 0.15) is 26.3 Å². The van der Waals surface area contributed by atoms with Gasteiger partial charge in [0.25, 0.3) is 5.97 Å². The number of phenolic OH excluding ortho intramolecular Hbond substituents is 1. The normalized spacial score (nSPS) is 8.43. The predicted molar refractivity (Wildman–Crippen MR) is 75.3 cm³/mol. The maximum absolute atomic E-state index is 9.79. The second-order valence-corrected chi connectivity index (χ2v) is 3.80. The average molecular weight is 300 g/mol. The van der Waals surface area contributed by atoms with Gasteiger partial charge in [-0.25, -0.2) is 0 Å². The van der Waals surface area contributed by atoms with Crippen molar-refractivity contribution in [3.63, 3.8) is 0 Å². The molecule has 7 heteroatoms. The number of benzene rings is 1. The Morgan fingerprint density at radius 2 is 1.52 bits per heavy atom. The first-order chi connectivity index (χ1) is 9.65. The Hall–Kier alpha value is -2.41. The molecule has 0 atom stereocenters. The predicted octanol–water partition coefficient (Wildman–Crippen LogP) is 1.15. The number of carbonyl (C=O) groups excluding carboxylic acids is 2. The molecule has 1 aromatic rings. The maximum atomic E-state index is 9.79. The number of aromatic hydroxyl groups is 1. The molecule has 0 radical (unpaired) electrons. The van der Waals surface area contributed by atoms with Gasteiger partial charge in [0.2, 0.25) is 0 Å². The third kappa shape index (κ3) is 12.4. The van der Waals surface area contributed by atoms with E-state index in [2.05, 4.69) is 0 Å². The van der Waals surface area contributed by atoms with Gasteiger partial charge in [0.15, 0.2) is 23.1 Å². The third-order valence-electron chi connectivity index (χ3n) is 1.92. The minimum atomic E-state index is -0.833. The summed E-state index contributed by atoms with van der Waals surface area (Å²) in [4.78, 5) is 28.6. The molecule has 7 nitrogen and oxygen atoms in total. The lowest BCUT2D eigenvalue weighted by Gasteiger charge is -2.03. The number of carbonyl (C=O) groups is 3. The van der Waals surface area contributed by atoms with Gasteiger partial charge in [-0.05, 0) is 17.7 Å². The zero-order valence-corrected chi connectivity index (χ0v) is 12.4. The van der Waals surface area contributed by atoms with Crippen molar-refractivity contribution in [1.29, 1.82) is 0 Å². The Morgan fingerprint density at radius 3 is 1.81 bits per heavy atom. The summed E-state index contributed by atoms with van der Waals surface area (Å²) in [6.07, 6.45) is 0. The number of hydrogen-bond acceptors (Lipinski definition) is 6. The average Bonchev–Trinajstić information content (AvgIpc) is 2.39. The first kappa shape index (κ1) is 20.9. The van der Waals surface area contributed by atoms with E-state index in [1.165, 1.54) is 27.0 Å². The molecule has 0 aliphatic rings. The molecular formula is C14H20O7. The molecule has 0 aromatic heterocycles. The summed E-state index contributed by atoms with van der Waals surface area (Å²) in [5, 5.41) is 25.3. The summed E-state index contributed by atoms with van der Waals surface area (Å²) in [7, 11) is 1.47. The molecule has 21 heavy (non-hydrogen) atoms. The second-order valence-electron chi connectivity index (χ2n) is 3.80. The van der Waals surface area contributed by atoms with Crippen molar-refractivity contribution in [3.8, 4) is 11.5 Å². The Labute approximate surface area is 122 Å². The number of carboxylic acid groups (broad SMARTS) is 1. The standard InChI is InChI=1S/C8H10O3.C4H6O2.C2H4O2/c1-11-8-4-6(5-9)2-3-7(8)10;1-3(5)4(2)6;1-2(3)4/h2-4,9-10H,5H2,1H3;1-2H3;1H3,(H,3,4). The fourth-order valence-electron chi connectivity index (χ4n) is 0.820. The van der Waals surface area contributed by atoms with Crippen LogP contribution in [0.2, 0.25) is 0 Å². The van der Waals surface area contributed by atoms with Crippen molar-refractivity contribution in [2.24, 2.45) is 0 Å². The van der Waals surface area contributed by atoms with E-state index in [1.54, 1.807) is 12.1 Å².